The van der Waals surface area contributed by atoms with E-state index >= 15 is 0 Å². The van der Waals surface area contributed by atoms with Gasteiger partial charge < -0.3 is 19.8 Å². The summed E-state index contributed by atoms with van der Waals surface area (Å²) in [4.78, 5) is 26.7. The smallest absolute Gasteiger partial charge is 0.262 e. The van der Waals surface area contributed by atoms with Gasteiger partial charge in [-0.25, -0.2) is 0 Å². The highest BCUT2D eigenvalue weighted by atomic mass is 32.1. The number of hydrogen-bond acceptors (Lipinski definition) is 5. The van der Waals surface area contributed by atoms with E-state index in [4.69, 9.17) is 9.15 Å². The summed E-state index contributed by atoms with van der Waals surface area (Å²) in [6.45, 7) is 4.10. The second-order valence-electron chi connectivity index (χ2n) is 7.38. The van der Waals surface area contributed by atoms with Crippen molar-refractivity contribution in [1.82, 2.24) is 5.32 Å². The Hall–Kier alpha value is -3.06. The fourth-order valence-electron chi connectivity index (χ4n) is 3.73. The number of furan rings is 1. The molecule has 0 atom stereocenters. The molecule has 0 aliphatic heterocycles. The monoisotopic (exact) mass is 424 g/mol. The summed E-state index contributed by atoms with van der Waals surface area (Å²) in [7, 11) is 0. The van der Waals surface area contributed by atoms with Gasteiger partial charge in [0.25, 0.3) is 11.8 Å². The molecule has 7 heteroatoms. The van der Waals surface area contributed by atoms with Crippen LogP contribution in [0.4, 0.5) is 5.00 Å². The molecule has 0 spiro atoms. The fraction of sp³-hybridized carbons (Fsp3) is 0.304. The van der Waals surface area contributed by atoms with Crippen LogP contribution in [0.5, 0.6) is 5.75 Å². The summed E-state index contributed by atoms with van der Waals surface area (Å²) in [6, 6.07) is 9.45. The molecular formula is C23H24N2O4S. The molecule has 0 fully saturated rings. The minimum absolute atomic E-state index is 0.109. The number of aryl methyl sites for hydroxylation is 3. The van der Waals surface area contributed by atoms with Crippen molar-refractivity contribution < 1.29 is 18.7 Å². The lowest BCUT2D eigenvalue weighted by Gasteiger charge is -2.12. The molecule has 1 aliphatic rings. The van der Waals surface area contributed by atoms with E-state index in [9.17, 15) is 9.59 Å². The minimum Gasteiger partial charge on any atom is -0.483 e. The number of anilines is 1. The zero-order valence-electron chi connectivity index (χ0n) is 17.0. The largest absolute Gasteiger partial charge is 0.483 e. The van der Waals surface area contributed by atoms with Gasteiger partial charge in [0.15, 0.2) is 6.61 Å². The first kappa shape index (κ1) is 20.2. The van der Waals surface area contributed by atoms with Crippen LogP contribution >= 0.6 is 11.3 Å². The van der Waals surface area contributed by atoms with E-state index in [0.717, 1.165) is 41.7 Å². The van der Waals surface area contributed by atoms with Crippen LogP contribution in [-0.4, -0.2) is 18.4 Å². The summed E-state index contributed by atoms with van der Waals surface area (Å²) in [5.41, 5.74) is 3.58. The van der Waals surface area contributed by atoms with Crippen LogP contribution in [0.25, 0.3) is 0 Å². The van der Waals surface area contributed by atoms with Gasteiger partial charge in [0.1, 0.15) is 16.5 Å². The molecule has 0 bridgehead atoms. The zero-order chi connectivity index (χ0) is 21.1. The van der Waals surface area contributed by atoms with Gasteiger partial charge >= 0.3 is 0 Å². The number of amides is 2. The maximum Gasteiger partial charge on any atom is 0.262 e. The van der Waals surface area contributed by atoms with Crippen molar-refractivity contribution >= 4 is 28.2 Å². The standard InChI is InChI=1S/C23H24N2O4S/c1-14-6-3-7-15(2)21(14)29-13-19(26)25-23-20(17-9-4-10-18(17)30-23)22(27)24-12-16-8-5-11-28-16/h3,5-8,11H,4,9-10,12-13H2,1-2H3,(H,24,27)(H,25,26). The first-order valence-corrected chi connectivity index (χ1v) is 10.8. The van der Waals surface area contributed by atoms with Gasteiger partial charge in [0, 0.05) is 4.88 Å². The van der Waals surface area contributed by atoms with Gasteiger partial charge in [0.05, 0.1) is 18.4 Å². The Morgan fingerprint density at radius 3 is 2.67 bits per heavy atom. The summed E-state index contributed by atoms with van der Waals surface area (Å²) < 4.78 is 11.0. The van der Waals surface area contributed by atoms with Gasteiger partial charge in [-0.05, 0) is 61.9 Å². The number of carbonyl (C=O) groups excluding carboxylic acids is 2. The molecule has 2 aromatic heterocycles. The van der Waals surface area contributed by atoms with Crippen molar-refractivity contribution in [3.63, 3.8) is 0 Å². The fourth-order valence-corrected chi connectivity index (χ4v) is 5.03. The van der Waals surface area contributed by atoms with E-state index < -0.39 is 0 Å². The molecule has 1 aromatic carbocycles. The van der Waals surface area contributed by atoms with Crippen LogP contribution in [0.15, 0.2) is 41.0 Å². The van der Waals surface area contributed by atoms with Crippen LogP contribution in [0, 0.1) is 13.8 Å². The average molecular weight is 425 g/mol. The summed E-state index contributed by atoms with van der Waals surface area (Å²) in [5.74, 6) is 0.926. The second kappa shape index (κ2) is 8.75. The average Bonchev–Trinajstić information content (AvgIpc) is 3.43. The Labute approximate surface area is 179 Å². The quantitative estimate of drug-likeness (QED) is 0.589. The lowest BCUT2D eigenvalue weighted by atomic mass is 10.1. The number of rotatable bonds is 7. The molecule has 156 valence electrons. The highest BCUT2D eigenvalue weighted by Gasteiger charge is 2.27. The first-order valence-electron chi connectivity index (χ1n) is 9.97. The summed E-state index contributed by atoms with van der Waals surface area (Å²) in [6.07, 6.45) is 4.40. The molecule has 1 aliphatic carbocycles. The SMILES string of the molecule is Cc1cccc(C)c1OCC(=O)Nc1sc2c(c1C(=O)NCc1ccco1)CCC2. The number of hydrogen-bond donors (Lipinski definition) is 2. The molecule has 0 unspecified atom stereocenters. The molecular weight excluding hydrogens is 400 g/mol. The summed E-state index contributed by atoms with van der Waals surface area (Å²) in [5, 5.41) is 6.38. The highest BCUT2D eigenvalue weighted by molar-refractivity contribution is 7.17. The number of para-hydroxylation sites is 1. The van der Waals surface area contributed by atoms with E-state index in [2.05, 4.69) is 10.6 Å². The predicted molar refractivity (Wildman–Crippen MR) is 116 cm³/mol. The Morgan fingerprint density at radius 2 is 1.93 bits per heavy atom. The molecule has 3 aromatic rings. The second-order valence-corrected chi connectivity index (χ2v) is 8.49. The third-order valence-corrected chi connectivity index (χ3v) is 6.37. The van der Waals surface area contributed by atoms with Crippen molar-refractivity contribution in [3.05, 3.63) is 69.5 Å². The van der Waals surface area contributed by atoms with Crippen molar-refractivity contribution in [2.45, 2.75) is 39.7 Å². The maximum atomic E-state index is 12.9. The summed E-state index contributed by atoms with van der Waals surface area (Å²) >= 11 is 1.48. The van der Waals surface area contributed by atoms with E-state index in [1.54, 1.807) is 12.3 Å². The van der Waals surface area contributed by atoms with Crippen LogP contribution in [0.3, 0.4) is 0 Å². The normalized spacial score (nSPS) is 12.5. The highest BCUT2D eigenvalue weighted by Crippen LogP contribution is 2.39. The Bertz CT molecular complexity index is 1050. The molecule has 4 rings (SSSR count). The van der Waals surface area contributed by atoms with Gasteiger partial charge in [-0.3, -0.25) is 9.59 Å². The Morgan fingerprint density at radius 1 is 1.13 bits per heavy atom. The molecule has 6 nitrogen and oxygen atoms in total. The number of carbonyl (C=O) groups is 2. The van der Waals surface area contributed by atoms with E-state index in [0.29, 0.717) is 22.9 Å². The Balaban J connectivity index is 1.46. The van der Waals surface area contributed by atoms with Gasteiger partial charge in [-0.2, -0.15) is 0 Å². The third kappa shape index (κ3) is 4.26. The van der Waals surface area contributed by atoms with E-state index in [-0.39, 0.29) is 18.4 Å². The topological polar surface area (TPSA) is 80.6 Å². The number of benzene rings is 1. The Kier molecular flexibility index (Phi) is 5.90. The molecule has 2 N–H and O–H groups in total. The van der Waals surface area contributed by atoms with Crippen LogP contribution < -0.4 is 15.4 Å². The lowest BCUT2D eigenvalue weighted by molar-refractivity contribution is -0.118. The van der Waals surface area contributed by atoms with Gasteiger partial charge in [-0.15, -0.1) is 11.3 Å². The van der Waals surface area contributed by atoms with Crippen LogP contribution in [0.2, 0.25) is 0 Å². The van der Waals surface area contributed by atoms with Crippen molar-refractivity contribution in [3.8, 4) is 5.75 Å². The minimum atomic E-state index is -0.280. The van der Waals surface area contributed by atoms with Crippen molar-refractivity contribution in [1.29, 1.82) is 0 Å². The maximum absolute atomic E-state index is 12.9. The molecule has 0 radical (unpaired) electrons. The number of nitrogens with one attached hydrogen (secondary N) is 2. The van der Waals surface area contributed by atoms with E-state index in [1.807, 2.05) is 38.1 Å². The van der Waals surface area contributed by atoms with Gasteiger partial charge in [-0.1, -0.05) is 18.2 Å². The first-order chi connectivity index (χ1) is 14.5. The van der Waals surface area contributed by atoms with Crippen LogP contribution in [-0.2, 0) is 24.2 Å². The number of ether oxygens (including phenoxy) is 1. The van der Waals surface area contributed by atoms with E-state index in [1.165, 1.54) is 16.2 Å². The molecule has 2 amide bonds. The van der Waals surface area contributed by atoms with Crippen molar-refractivity contribution in [2.24, 2.45) is 0 Å². The third-order valence-electron chi connectivity index (χ3n) is 5.16. The van der Waals surface area contributed by atoms with Crippen molar-refractivity contribution in [2.75, 3.05) is 11.9 Å². The van der Waals surface area contributed by atoms with Gasteiger partial charge in [0.2, 0.25) is 0 Å². The predicted octanol–water partition coefficient (Wildman–Crippen LogP) is 4.39. The number of fused-ring (bicyclic) bond motifs is 1. The zero-order valence-corrected chi connectivity index (χ0v) is 17.9. The number of thiophene rings is 1. The molecule has 2 heterocycles. The molecule has 0 saturated heterocycles. The molecule has 0 saturated carbocycles. The lowest BCUT2D eigenvalue weighted by Crippen LogP contribution is -2.26. The molecule has 30 heavy (non-hydrogen) atoms. The van der Waals surface area contributed by atoms with Crippen LogP contribution in [0.1, 0.15) is 44.1 Å².